The van der Waals surface area contributed by atoms with E-state index in [0.29, 0.717) is 6.54 Å². The van der Waals surface area contributed by atoms with E-state index in [1.165, 1.54) is 0 Å². The first-order chi connectivity index (χ1) is 11.6. The van der Waals surface area contributed by atoms with Crippen LogP contribution in [0.4, 0.5) is 5.69 Å². The van der Waals surface area contributed by atoms with Crippen molar-refractivity contribution in [2.24, 2.45) is 5.10 Å². The Balaban J connectivity index is 2.22. The molecule has 1 atom stereocenters. The summed E-state index contributed by atoms with van der Waals surface area (Å²) in [5.74, 6) is 0. The van der Waals surface area contributed by atoms with Crippen molar-refractivity contribution < 1.29 is 20.4 Å². The molecule has 6 nitrogen and oxygen atoms in total. The molecule has 0 aliphatic rings. The minimum absolute atomic E-state index is 0.463. The smallest absolute Gasteiger partial charge is 0.141 e. The Morgan fingerprint density at radius 2 is 1.50 bits per heavy atom. The highest BCUT2D eigenvalue weighted by atomic mass is 16.4. The lowest BCUT2D eigenvalue weighted by Crippen LogP contribution is -2.50. The normalized spacial score (nSPS) is 13.2. The van der Waals surface area contributed by atoms with E-state index in [1.807, 2.05) is 60.7 Å². The fourth-order valence-electron chi connectivity index (χ4n) is 2.07. The van der Waals surface area contributed by atoms with E-state index in [-0.39, 0.29) is 0 Å². The largest absolute Gasteiger partial charge is 0.393 e. The zero-order chi connectivity index (χ0) is 17.4. The number of hydrazone groups is 1. The summed E-state index contributed by atoms with van der Waals surface area (Å²) in [6.45, 7) is -1.09. The van der Waals surface area contributed by atoms with Gasteiger partial charge in [0.15, 0.2) is 0 Å². The van der Waals surface area contributed by atoms with Gasteiger partial charge in [-0.05, 0) is 17.7 Å². The molecule has 128 valence electrons. The van der Waals surface area contributed by atoms with Crippen LogP contribution in [0.25, 0.3) is 0 Å². The van der Waals surface area contributed by atoms with Crippen molar-refractivity contribution in [3.8, 4) is 0 Å². The highest BCUT2D eigenvalue weighted by molar-refractivity contribution is 5.66. The van der Waals surface area contributed by atoms with Crippen LogP contribution >= 0.6 is 0 Å². The Kier molecular flexibility index (Phi) is 6.45. The van der Waals surface area contributed by atoms with Gasteiger partial charge in [0.05, 0.1) is 31.7 Å². The molecule has 0 bridgehead atoms. The predicted octanol–water partition coefficient (Wildman–Crippen LogP) is 0.756. The standard InChI is InChI=1S/C18H22N2O4/c21-13-18(24,14-22)17(23)11-19-20(16-9-5-2-6-10-16)12-15-7-3-1-4-8-15/h1-11,17,21-24H,12-14H2. The first-order valence-electron chi connectivity index (χ1n) is 7.62. The Morgan fingerprint density at radius 3 is 2.04 bits per heavy atom. The quantitative estimate of drug-likeness (QED) is 0.423. The number of hydrogen-bond donors (Lipinski definition) is 4. The second-order valence-corrected chi connectivity index (χ2v) is 5.51. The molecule has 2 rings (SSSR count). The van der Waals surface area contributed by atoms with Gasteiger partial charge in [0.1, 0.15) is 11.7 Å². The first-order valence-corrected chi connectivity index (χ1v) is 7.62. The van der Waals surface area contributed by atoms with E-state index in [0.717, 1.165) is 17.5 Å². The molecule has 0 aromatic heterocycles. The van der Waals surface area contributed by atoms with E-state index < -0.39 is 24.9 Å². The number of nitrogens with zero attached hydrogens (tertiary/aromatic N) is 2. The predicted molar refractivity (Wildman–Crippen MR) is 92.7 cm³/mol. The number of para-hydroxylation sites is 1. The van der Waals surface area contributed by atoms with Crippen LogP contribution in [0.15, 0.2) is 65.8 Å². The van der Waals surface area contributed by atoms with Crippen LogP contribution in [-0.4, -0.2) is 51.6 Å². The van der Waals surface area contributed by atoms with Crippen LogP contribution in [0.1, 0.15) is 5.56 Å². The van der Waals surface area contributed by atoms with E-state index in [4.69, 9.17) is 10.2 Å². The van der Waals surface area contributed by atoms with E-state index in [9.17, 15) is 10.2 Å². The SMILES string of the molecule is OCC(O)(CO)C(O)C=NN(Cc1ccccc1)c1ccccc1. The molecule has 0 fully saturated rings. The average molecular weight is 330 g/mol. The highest BCUT2D eigenvalue weighted by Crippen LogP contribution is 2.17. The molecule has 0 radical (unpaired) electrons. The summed E-state index contributed by atoms with van der Waals surface area (Å²) in [7, 11) is 0. The van der Waals surface area contributed by atoms with Gasteiger partial charge in [-0.1, -0.05) is 48.5 Å². The molecule has 1 unspecified atom stereocenters. The van der Waals surface area contributed by atoms with Crippen LogP contribution in [0.2, 0.25) is 0 Å². The maximum absolute atomic E-state index is 9.98. The van der Waals surface area contributed by atoms with Crippen molar-refractivity contribution in [2.45, 2.75) is 18.2 Å². The van der Waals surface area contributed by atoms with Crippen molar-refractivity contribution in [2.75, 3.05) is 18.2 Å². The molecule has 2 aromatic rings. The molecular formula is C18H22N2O4. The number of anilines is 1. The third-order valence-electron chi connectivity index (χ3n) is 3.67. The number of benzene rings is 2. The second kappa shape index (κ2) is 8.56. The van der Waals surface area contributed by atoms with Crippen molar-refractivity contribution in [3.63, 3.8) is 0 Å². The Morgan fingerprint density at radius 1 is 0.958 bits per heavy atom. The van der Waals surface area contributed by atoms with Crippen LogP contribution in [-0.2, 0) is 6.54 Å². The third kappa shape index (κ3) is 4.62. The lowest BCUT2D eigenvalue weighted by molar-refractivity contribution is -0.106. The number of aliphatic hydroxyl groups excluding tert-OH is 3. The van der Waals surface area contributed by atoms with Gasteiger partial charge in [0, 0.05) is 0 Å². The molecule has 6 heteroatoms. The summed E-state index contributed by atoms with van der Waals surface area (Å²) in [6, 6.07) is 19.1. The van der Waals surface area contributed by atoms with Crippen LogP contribution in [0.3, 0.4) is 0 Å². The minimum Gasteiger partial charge on any atom is -0.393 e. The maximum Gasteiger partial charge on any atom is 0.141 e. The van der Waals surface area contributed by atoms with E-state index >= 15 is 0 Å². The molecule has 0 amide bonds. The molecule has 0 heterocycles. The summed E-state index contributed by atoms with van der Waals surface area (Å²) in [4.78, 5) is 0. The molecule has 0 saturated heterocycles. The van der Waals surface area contributed by atoms with Crippen molar-refractivity contribution in [1.29, 1.82) is 0 Å². The lowest BCUT2D eigenvalue weighted by atomic mass is 10.00. The number of rotatable bonds is 8. The molecule has 2 aromatic carbocycles. The zero-order valence-corrected chi connectivity index (χ0v) is 13.2. The van der Waals surface area contributed by atoms with Gasteiger partial charge in [-0.2, -0.15) is 5.10 Å². The van der Waals surface area contributed by atoms with E-state index in [2.05, 4.69) is 5.10 Å². The molecule has 0 aliphatic carbocycles. The highest BCUT2D eigenvalue weighted by Gasteiger charge is 2.33. The first kappa shape index (κ1) is 18.1. The fraction of sp³-hybridized carbons (Fsp3) is 0.278. The summed E-state index contributed by atoms with van der Waals surface area (Å²) in [6.07, 6.45) is -0.392. The van der Waals surface area contributed by atoms with E-state index in [1.54, 1.807) is 5.01 Å². The Bertz CT molecular complexity index is 630. The van der Waals surface area contributed by atoms with Gasteiger partial charge in [0.2, 0.25) is 0 Å². The molecule has 0 spiro atoms. The minimum atomic E-state index is -2.03. The Labute approximate surface area is 140 Å². The fourth-order valence-corrected chi connectivity index (χ4v) is 2.07. The summed E-state index contributed by atoms with van der Waals surface area (Å²) < 4.78 is 0. The van der Waals surface area contributed by atoms with Gasteiger partial charge in [-0.3, -0.25) is 5.01 Å². The summed E-state index contributed by atoms with van der Waals surface area (Å²) >= 11 is 0. The topological polar surface area (TPSA) is 96.5 Å². The molecule has 4 N–H and O–H groups in total. The van der Waals surface area contributed by atoms with Gasteiger partial charge in [0.25, 0.3) is 0 Å². The zero-order valence-electron chi connectivity index (χ0n) is 13.2. The monoisotopic (exact) mass is 330 g/mol. The third-order valence-corrected chi connectivity index (χ3v) is 3.67. The molecule has 0 aliphatic heterocycles. The number of hydrogen-bond acceptors (Lipinski definition) is 6. The van der Waals surface area contributed by atoms with Gasteiger partial charge >= 0.3 is 0 Å². The second-order valence-electron chi connectivity index (χ2n) is 5.51. The molecule has 0 saturated carbocycles. The lowest BCUT2D eigenvalue weighted by Gasteiger charge is -2.27. The van der Waals surface area contributed by atoms with Gasteiger partial charge < -0.3 is 20.4 Å². The maximum atomic E-state index is 9.98. The number of aliphatic hydroxyl groups is 4. The van der Waals surface area contributed by atoms with Crippen LogP contribution in [0.5, 0.6) is 0 Å². The summed E-state index contributed by atoms with van der Waals surface area (Å²) in [5, 5.41) is 44.0. The van der Waals surface area contributed by atoms with Crippen LogP contribution in [0, 0.1) is 0 Å². The van der Waals surface area contributed by atoms with Gasteiger partial charge in [-0.25, -0.2) is 0 Å². The van der Waals surface area contributed by atoms with Crippen LogP contribution < -0.4 is 5.01 Å². The summed E-state index contributed by atoms with van der Waals surface area (Å²) in [5.41, 5.74) is -0.201. The van der Waals surface area contributed by atoms with Crippen molar-refractivity contribution >= 4 is 11.9 Å². The molecular weight excluding hydrogens is 308 g/mol. The molecule has 24 heavy (non-hydrogen) atoms. The Hall–Kier alpha value is -2.25. The van der Waals surface area contributed by atoms with Crippen molar-refractivity contribution in [3.05, 3.63) is 66.2 Å². The van der Waals surface area contributed by atoms with Crippen molar-refractivity contribution in [1.82, 2.24) is 0 Å². The van der Waals surface area contributed by atoms with Gasteiger partial charge in [-0.15, -0.1) is 0 Å². The average Bonchev–Trinajstić information content (AvgIpc) is 2.65.